The van der Waals surface area contributed by atoms with Crippen LogP contribution in [0.15, 0.2) is 29.2 Å². The van der Waals surface area contributed by atoms with Gasteiger partial charge < -0.3 is 19.4 Å². The van der Waals surface area contributed by atoms with Gasteiger partial charge >= 0.3 is 12.1 Å². The Morgan fingerprint density at radius 1 is 1.14 bits per heavy atom. The molecule has 0 aliphatic heterocycles. The summed E-state index contributed by atoms with van der Waals surface area (Å²) in [6, 6.07) is 6.36. The number of hydrogen-bond acceptors (Lipinski definition) is 6. The molecular weight excluding hydrogens is 476 g/mol. The van der Waals surface area contributed by atoms with Crippen molar-refractivity contribution in [1.29, 1.82) is 0 Å². The summed E-state index contributed by atoms with van der Waals surface area (Å²) in [6.07, 6.45) is 6.16. The lowest BCUT2D eigenvalue weighted by Crippen LogP contribution is -2.35. The van der Waals surface area contributed by atoms with Crippen LogP contribution in [0.1, 0.15) is 84.9 Å². The van der Waals surface area contributed by atoms with Crippen molar-refractivity contribution in [3.8, 4) is 10.4 Å². The van der Waals surface area contributed by atoms with E-state index in [2.05, 4.69) is 22.0 Å². The molecule has 1 fully saturated rings. The SMILES string of the molecule is COC(=O)c1cn(C2CC2)c2cc(-c3cc4c(s3)CCCC4NC(=O)OC(C)(C)C)c(C)cc2c1=O. The van der Waals surface area contributed by atoms with E-state index in [1.54, 1.807) is 17.5 Å². The van der Waals surface area contributed by atoms with Gasteiger partial charge in [0.1, 0.15) is 11.2 Å². The fourth-order valence-electron chi connectivity index (χ4n) is 4.97. The predicted octanol–water partition coefficient (Wildman–Crippen LogP) is 6.06. The van der Waals surface area contributed by atoms with Gasteiger partial charge in [0.05, 0.1) is 18.7 Å². The van der Waals surface area contributed by atoms with Crippen molar-refractivity contribution in [2.24, 2.45) is 0 Å². The molecule has 8 heteroatoms. The summed E-state index contributed by atoms with van der Waals surface area (Å²) in [5, 5.41) is 3.60. The largest absolute Gasteiger partial charge is 0.465 e. The number of benzene rings is 1. The van der Waals surface area contributed by atoms with Gasteiger partial charge in [-0.15, -0.1) is 11.3 Å². The van der Waals surface area contributed by atoms with Crippen molar-refractivity contribution in [1.82, 2.24) is 9.88 Å². The molecule has 1 atom stereocenters. The summed E-state index contributed by atoms with van der Waals surface area (Å²) >= 11 is 1.75. The Morgan fingerprint density at radius 2 is 1.89 bits per heavy atom. The van der Waals surface area contributed by atoms with Crippen LogP contribution in [0.2, 0.25) is 0 Å². The maximum absolute atomic E-state index is 13.2. The van der Waals surface area contributed by atoms with Gasteiger partial charge in [-0.3, -0.25) is 4.79 Å². The van der Waals surface area contributed by atoms with E-state index in [1.165, 1.54) is 12.0 Å². The first kappa shape index (κ1) is 24.6. The molecule has 2 aromatic heterocycles. The number of ether oxygens (including phenoxy) is 2. The Balaban J connectivity index is 1.56. The van der Waals surface area contributed by atoms with Gasteiger partial charge in [0.15, 0.2) is 0 Å². The van der Waals surface area contributed by atoms with Crippen LogP contribution in [-0.2, 0) is 15.9 Å². The highest BCUT2D eigenvalue weighted by Gasteiger charge is 2.29. The number of nitrogens with zero attached hydrogens (tertiary/aromatic N) is 1. The van der Waals surface area contributed by atoms with E-state index in [-0.39, 0.29) is 23.1 Å². The molecule has 1 amide bonds. The highest BCUT2D eigenvalue weighted by molar-refractivity contribution is 7.15. The fraction of sp³-hybridized carbons (Fsp3) is 0.464. The molecule has 1 unspecified atom stereocenters. The Morgan fingerprint density at radius 3 is 2.56 bits per heavy atom. The number of rotatable bonds is 4. The molecular formula is C28H32N2O5S. The van der Waals surface area contributed by atoms with Crippen LogP contribution in [0.5, 0.6) is 0 Å². The van der Waals surface area contributed by atoms with E-state index < -0.39 is 17.7 Å². The van der Waals surface area contributed by atoms with Crippen LogP contribution in [-0.4, -0.2) is 29.3 Å². The summed E-state index contributed by atoms with van der Waals surface area (Å²) in [4.78, 5) is 40.3. The third-order valence-corrected chi connectivity index (χ3v) is 8.04. The van der Waals surface area contributed by atoms with Gasteiger partial charge in [0, 0.05) is 27.4 Å². The van der Waals surface area contributed by atoms with Crippen LogP contribution >= 0.6 is 11.3 Å². The van der Waals surface area contributed by atoms with Gasteiger partial charge in [-0.25, -0.2) is 9.59 Å². The number of hydrogen-bond donors (Lipinski definition) is 1. The molecule has 2 heterocycles. The number of fused-ring (bicyclic) bond motifs is 2. The molecule has 5 rings (SSSR count). The normalized spacial score (nSPS) is 17.5. The highest BCUT2D eigenvalue weighted by Crippen LogP contribution is 2.43. The van der Waals surface area contributed by atoms with Crippen molar-refractivity contribution in [2.45, 2.75) is 77.5 Å². The zero-order valence-corrected chi connectivity index (χ0v) is 22.2. The Bertz CT molecular complexity index is 1420. The number of pyridine rings is 1. The Kier molecular flexibility index (Phi) is 6.19. The lowest BCUT2D eigenvalue weighted by atomic mass is 9.93. The van der Waals surface area contributed by atoms with Crippen LogP contribution in [0.25, 0.3) is 21.3 Å². The Hall–Kier alpha value is -3.13. The van der Waals surface area contributed by atoms with Crippen LogP contribution in [0.4, 0.5) is 4.79 Å². The fourth-order valence-corrected chi connectivity index (χ4v) is 6.31. The molecule has 3 aromatic rings. The number of carbonyl (C=O) groups excluding carboxylic acids is 2. The number of alkyl carbamates (subject to hydrolysis) is 1. The van der Waals surface area contributed by atoms with Crippen molar-refractivity contribution in [3.63, 3.8) is 0 Å². The third kappa shape index (κ3) is 4.66. The van der Waals surface area contributed by atoms with Gasteiger partial charge in [-0.05, 0) is 94.7 Å². The zero-order valence-electron chi connectivity index (χ0n) is 21.4. The summed E-state index contributed by atoms with van der Waals surface area (Å²) in [5.74, 6) is -0.604. The molecule has 2 aliphatic rings. The van der Waals surface area contributed by atoms with E-state index >= 15 is 0 Å². The quantitative estimate of drug-likeness (QED) is 0.433. The smallest absolute Gasteiger partial charge is 0.408 e. The molecule has 7 nitrogen and oxygen atoms in total. The molecule has 0 saturated heterocycles. The molecule has 0 bridgehead atoms. The monoisotopic (exact) mass is 508 g/mol. The number of thiophene rings is 1. The van der Waals surface area contributed by atoms with Gasteiger partial charge in [-0.1, -0.05) is 0 Å². The summed E-state index contributed by atoms with van der Waals surface area (Å²) in [6.45, 7) is 7.58. The lowest BCUT2D eigenvalue weighted by molar-refractivity contribution is 0.0498. The van der Waals surface area contributed by atoms with E-state index in [9.17, 15) is 14.4 Å². The minimum Gasteiger partial charge on any atom is -0.465 e. The van der Waals surface area contributed by atoms with Crippen LogP contribution in [0.3, 0.4) is 0 Å². The second-order valence-corrected chi connectivity index (χ2v) is 11.9. The molecule has 190 valence electrons. The standard InChI is InChI=1S/C28H32N2O5S/c1-15-11-19-22(30(16-9-10-16)14-20(25(19)31)26(32)34-5)12-17(15)24-13-18-21(7-6-8-23(18)36-24)29-27(33)35-28(2,3)4/h11-14,16,21H,6-10H2,1-5H3,(H,29,33). The molecule has 36 heavy (non-hydrogen) atoms. The van der Waals surface area contributed by atoms with Crippen molar-refractivity contribution < 1.29 is 19.1 Å². The first-order chi connectivity index (χ1) is 17.1. The topological polar surface area (TPSA) is 86.6 Å². The molecule has 2 aliphatic carbocycles. The average Bonchev–Trinajstić information content (AvgIpc) is 3.55. The second kappa shape index (κ2) is 9.07. The molecule has 0 radical (unpaired) electrons. The van der Waals surface area contributed by atoms with E-state index in [0.29, 0.717) is 5.39 Å². The first-order valence-corrected chi connectivity index (χ1v) is 13.3. The number of aryl methyl sites for hydroxylation is 2. The first-order valence-electron chi connectivity index (χ1n) is 12.5. The summed E-state index contributed by atoms with van der Waals surface area (Å²) < 4.78 is 12.4. The minimum atomic E-state index is -0.604. The average molecular weight is 509 g/mol. The van der Waals surface area contributed by atoms with Crippen LogP contribution in [0, 0.1) is 6.92 Å². The van der Waals surface area contributed by atoms with E-state index in [1.807, 2.05) is 33.8 Å². The number of nitrogens with one attached hydrogen (secondary N) is 1. The maximum Gasteiger partial charge on any atom is 0.408 e. The highest BCUT2D eigenvalue weighted by atomic mass is 32.1. The van der Waals surface area contributed by atoms with E-state index in [4.69, 9.17) is 9.47 Å². The molecule has 0 spiro atoms. The number of methoxy groups -OCH3 is 1. The zero-order chi connectivity index (χ0) is 25.8. The Labute approximate surface area is 214 Å². The van der Waals surface area contributed by atoms with Gasteiger partial charge in [0.2, 0.25) is 5.43 Å². The molecule has 1 N–H and O–H groups in total. The van der Waals surface area contributed by atoms with Crippen LogP contribution < -0.4 is 10.7 Å². The van der Waals surface area contributed by atoms with Crippen molar-refractivity contribution >= 4 is 34.3 Å². The predicted molar refractivity (Wildman–Crippen MR) is 141 cm³/mol. The van der Waals surface area contributed by atoms with E-state index in [0.717, 1.165) is 59.2 Å². The van der Waals surface area contributed by atoms with Gasteiger partial charge in [0.25, 0.3) is 0 Å². The lowest BCUT2D eigenvalue weighted by Gasteiger charge is -2.26. The number of esters is 1. The minimum absolute atomic E-state index is 0.0756. The summed E-state index contributed by atoms with van der Waals surface area (Å²) in [7, 11) is 1.30. The van der Waals surface area contributed by atoms with Crippen molar-refractivity contribution in [3.05, 3.63) is 56.2 Å². The molecule has 1 aromatic carbocycles. The number of aromatic nitrogens is 1. The second-order valence-electron chi connectivity index (χ2n) is 10.8. The number of carbonyl (C=O) groups is 2. The maximum atomic E-state index is 13.2. The van der Waals surface area contributed by atoms with Crippen molar-refractivity contribution in [2.75, 3.05) is 7.11 Å². The number of amides is 1. The summed E-state index contributed by atoms with van der Waals surface area (Å²) in [5.41, 5.74) is 3.26. The molecule has 1 saturated carbocycles. The van der Waals surface area contributed by atoms with Gasteiger partial charge in [-0.2, -0.15) is 0 Å². The third-order valence-electron chi connectivity index (χ3n) is 6.79.